The van der Waals surface area contributed by atoms with Gasteiger partial charge in [0.2, 0.25) is 0 Å². The largest absolute Gasteiger partial charge is 0.494 e. The van der Waals surface area contributed by atoms with Gasteiger partial charge in [-0.15, -0.1) is 0 Å². The van der Waals surface area contributed by atoms with Gasteiger partial charge < -0.3 is 81.9 Å². The number of pyridine rings is 4. The Bertz CT molecular complexity index is 6140. The molecule has 12 aromatic rings. The molecule has 0 spiro atoms. The first-order chi connectivity index (χ1) is 63.0. The number of halogens is 8. The van der Waals surface area contributed by atoms with Gasteiger partial charge in [0, 0.05) is 155 Å². The highest BCUT2D eigenvalue weighted by molar-refractivity contribution is 6.35. The number of carbonyl (C=O) groups is 8. The van der Waals surface area contributed by atoms with E-state index in [2.05, 4.69) is 62.5 Å². The molecule has 0 aliphatic carbocycles. The summed E-state index contributed by atoms with van der Waals surface area (Å²) in [4.78, 5) is 125. The van der Waals surface area contributed by atoms with Gasteiger partial charge in [-0.05, 0) is 134 Å². The molecule has 0 radical (unpaired) electrons. The second kappa shape index (κ2) is 46.7. The lowest BCUT2D eigenvalue weighted by molar-refractivity contribution is 0.101. The number of amides is 8. The third-order valence-corrected chi connectivity index (χ3v) is 20.8. The van der Waals surface area contributed by atoms with Crippen molar-refractivity contribution in [1.29, 1.82) is 21.6 Å². The van der Waals surface area contributed by atoms with Gasteiger partial charge in [-0.2, -0.15) is 0 Å². The molecule has 1 saturated heterocycles. The maximum atomic E-state index is 13.1. The summed E-state index contributed by atoms with van der Waals surface area (Å²) in [5, 5.41) is 56.1. The van der Waals surface area contributed by atoms with Crippen molar-refractivity contribution in [3.8, 4) is 23.0 Å². The number of nitrogens with zero attached hydrogens (tertiary/aromatic N) is 7. The second-order valence-corrected chi connectivity index (χ2v) is 31.9. The number of ether oxygens (including phenoxy) is 4. The number of anilines is 8. The SMILES string of the molecule is COc1cc(Cl)cc(C(=O)Nc2ccc(Cl)cn2)c1NC(=O)c1ccc(C(=N)N(C)C)cc1.COc1cc(Cl)cc(C(=O)Nc2ccc(Cl)cn2)c1NC(=O)c1ccc(C(=N)N(C)C)cc1.COc1cc(Cl)cc(C(=O)Nc2ccc(Cl)cn2)c1NC(=O)c1ccc(C(=N)N)cc1.COc1cc(Cl)cc(C(=O)Nc2ccc(Cl)cn2)c1NC(=O)c1ccc(C(=N)N2CCCC2)cc1. The van der Waals surface area contributed by atoms with Crippen LogP contribution in [0, 0.1) is 21.6 Å². The van der Waals surface area contributed by atoms with Gasteiger partial charge in [0.15, 0.2) is 0 Å². The third-order valence-electron chi connectivity index (χ3n) is 19.0. The number of hydrogen-bond donors (Lipinski definition) is 13. The van der Waals surface area contributed by atoms with Crippen LogP contribution < -0.4 is 67.2 Å². The molecule has 678 valence electrons. The van der Waals surface area contributed by atoms with Gasteiger partial charge in [0.05, 0.1) is 93.5 Å². The van der Waals surface area contributed by atoms with Gasteiger partial charge in [-0.3, -0.25) is 60.0 Å². The Morgan fingerprint density at radius 3 is 0.727 bits per heavy atom. The average molecular weight is 1940 g/mol. The van der Waals surface area contributed by atoms with E-state index < -0.39 is 47.3 Å². The van der Waals surface area contributed by atoms with Crippen LogP contribution >= 0.6 is 92.8 Å². The molecule has 0 unspecified atom stereocenters. The van der Waals surface area contributed by atoms with Crippen LogP contribution in [0.4, 0.5) is 46.0 Å². The zero-order valence-corrected chi connectivity index (χ0v) is 77.3. The van der Waals surface area contributed by atoms with Crippen LogP contribution in [-0.4, -0.2) is 175 Å². The Morgan fingerprint density at radius 1 is 0.303 bits per heavy atom. The molecular weight excluding hydrogens is 1860 g/mol. The number of aromatic nitrogens is 4. The highest BCUT2D eigenvalue weighted by Gasteiger charge is 2.28. The highest BCUT2D eigenvalue weighted by atomic mass is 35.5. The van der Waals surface area contributed by atoms with E-state index in [1.54, 1.807) is 165 Å². The van der Waals surface area contributed by atoms with E-state index in [9.17, 15) is 38.4 Å². The van der Waals surface area contributed by atoms with E-state index in [4.69, 9.17) is 139 Å². The molecule has 5 heterocycles. The number of rotatable bonds is 24. The van der Waals surface area contributed by atoms with Crippen molar-refractivity contribution in [2.75, 3.05) is 112 Å². The van der Waals surface area contributed by atoms with E-state index in [0.717, 1.165) is 31.5 Å². The molecule has 40 heteroatoms. The molecule has 1 fully saturated rings. The first kappa shape index (κ1) is 99.7. The number of nitrogens with one attached hydrogen (secondary N) is 12. The van der Waals surface area contributed by atoms with Crippen molar-refractivity contribution in [3.63, 3.8) is 0 Å². The Morgan fingerprint density at radius 2 is 0.523 bits per heavy atom. The average Bonchev–Trinajstić information content (AvgIpc) is 0.908. The fraction of sp³-hybridized carbons (Fsp3) is 0.130. The zero-order chi connectivity index (χ0) is 95.7. The van der Waals surface area contributed by atoms with Crippen LogP contribution in [0.5, 0.6) is 23.0 Å². The van der Waals surface area contributed by atoms with Gasteiger partial charge in [0.25, 0.3) is 47.3 Å². The summed E-state index contributed by atoms with van der Waals surface area (Å²) in [5.74, 6) is -1.09. The number of nitrogens with two attached hydrogens (primary N) is 1. The molecule has 32 nitrogen and oxygen atoms in total. The quantitative estimate of drug-likeness (QED) is 0.0197. The van der Waals surface area contributed by atoms with Gasteiger partial charge >= 0.3 is 0 Å². The topological polar surface area (TPSA) is 452 Å². The molecule has 4 aromatic heterocycles. The third kappa shape index (κ3) is 27.1. The summed E-state index contributed by atoms with van der Waals surface area (Å²) in [6.45, 7) is 1.74. The molecule has 8 amide bonds. The zero-order valence-electron chi connectivity index (χ0n) is 71.2. The van der Waals surface area contributed by atoms with Crippen LogP contribution in [0.1, 0.15) is 118 Å². The van der Waals surface area contributed by atoms with Gasteiger partial charge in [-0.25, -0.2) is 19.9 Å². The molecule has 0 atom stereocenters. The van der Waals surface area contributed by atoms with E-state index in [-0.39, 0.29) is 117 Å². The summed E-state index contributed by atoms with van der Waals surface area (Å²) in [5.41, 5.74) is 10.3. The van der Waals surface area contributed by atoms with Crippen molar-refractivity contribution in [2.24, 2.45) is 5.73 Å². The lowest BCUT2D eigenvalue weighted by Gasteiger charge is -2.19. The van der Waals surface area contributed by atoms with E-state index >= 15 is 0 Å². The molecule has 1 aliphatic heterocycles. The summed E-state index contributed by atoms with van der Waals surface area (Å²) >= 11 is 48.0. The number of benzene rings is 8. The first-order valence-corrected chi connectivity index (χ1v) is 42.1. The molecule has 1 aliphatic rings. The summed E-state index contributed by atoms with van der Waals surface area (Å²) in [6.07, 6.45) is 7.76. The minimum atomic E-state index is -0.558. The number of nitrogen functional groups attached to an aromatic ring is 1. The Labute approximate surface area is 797 Å². The monoisotopic (exact) mass is 1940 g/mol. The lowest BCUT2D eigenvalue weighted by atomic mass is 10.1. The fourth-order valence-corrected chi connectivity index (χ4v) is 13.5. The molecule has 0 bridgehead atoms. The van der Waals surface area contributed by atoms with Crippen molar-refractivity contribution in [2.45, 2.75) is 12.8 Å². The van der Waals surface area contributed by atoms with Crippen LogP contribution in [0.25, 0.3) is 0 Å². The van der Waals surface area contributed by atoms with E-state index in [1.807, 2.05) is 4.90 Å². The van der Waals surface area contributed by atoms with Gasteiger partial charge in [0.1, 0.15) is 69.6 Å². The predicted octanol–water partition coefficient (Wildman–Crippen LogP) is 19.1. The fourth-order valence-electron chi connectivity index (χ4n) is 12.3. The van der Waals surface area contributed by atoms with Crippen LogP contribution in [0.2, 0.25) is 40.2 Å². The van der Waals surface area contributed by atoms with Crippen LogP contribution in [-0.2, 0) is 0 Å². The van der Waals surface area contributed by atoms with Crippen molar-refractivity contribution in [1.82, 2.24) is 34.6 Å². The molecule has 8 aromatic carbocycles. The minimum absolute atomic E-state index is 0.0785. The maximum Gasteiger partial charge on any atom is 0.259 e. The van der Waals surface area contributed by atoms with E-state index in [0.29, 0.717) is 76.5 Å². The predicted molar refractivity (Wildman–Crippen MR) is 518 cm³/mol. The first-order valence-electron chi connectivity index (χ1n) is 39.1. The smallest absolute Gasteiger partial charge is 0.259 e. The van der Waals surface area contributed by atoms with Crippen molar-refractivity contribution in [3.05, 3.63) is 326 Å². The van der Waals surface area contributed by atoms with Crippen molar-refractivity contribution < 1.29 is 57.3 Å². The van der Waals surface area contributed by atoms with Gasteiger partial charge in [-0.1, -0.05) is 141 Å². The molecule has 132 heavy (non-hydrogen) atoms. The molecule has 13 rings (SSSR count). The van der Waals surface area contributed by atoms with E-state index in [1.165, 1.54) is 120 Å². The molecular formula is C92H82Cl8N20O12. The minimum Gasteiger partial charge on any atom is -0.494 e. The van der Waals surface area contributed by atoms with Crippen LogP contribution in [0.3, 0.4) is 0 Å². The lowest BCUT2D eigenvalue weighted by Crippen LogP contribution is -2.27. The molecule has 0 saturated carbocycles. The second-order valence-electron chi connectivity index (χ2n) is 28.5. The Hall–Kier alpha value is -14.5. The summed E-state index contributed by atoms with van der Waals surface area (Å²) in [7, 11) is 12.7. The standard InChI is InChI=1S/C25H23Cl2N5O3.2C23H21Cl2N5O3.C21H17Cl2N5O3/c1-35-20-13-18(27)12-19(25(34)30-21-9-8-17(26)14-29-21)22(20)31-24(33)16-6-4-15(5-7-16)23(28)32-10-2-3-11-32;2*1-30(2)21(26)13-4-6-14(7-5-13)22(31)29-20-17(10-16(25)11-18(20)33-3)23(32)28-19-9-8-15(24)12-27-19;1-31-16-9-14(23)8-15(21(30)27-17-7-6-13(22)10-26-17)18(16)28-20(29)12-4-2-11(3-5-12)19(24)25/h4-9,12-14,28H,2-3,10-11H2,1H3,(H,31,33)(H,29,30,34);2*4-12,26H,1-3H3,(H,29,31)(H,27,28,32);2-10H,1H3,(H3,24,25)(H,28,29)(H,26,27,30). The summed E-state index contributed by atoms with van der Waals surface area (Å²) in [6, 6.07) is 50.2. The number of carbonyl (C=O) groups excluding carboxylic acids is 8. The number of hydrogen-bond acceptors (Lipinski definition) is 20. The normalized spacial score (nSPS) is 11.0. The maximum absolute atomic E-state index is 13.1. The number of likely N-dealkylation sites (tertiary alicyclic amines) is 1. The summed E-state index contributed by atoms with van der Waals surface area (Å²) < 4.78 is 21.4. The van der Waals surface area contributed by atoms with Crippen LogP contribution in [0.15, 0.2) is 219 Å². The highest BCUT2D eigenvalue weighted by Crippen LogP contribution is 2.39. The molecule has 14 N–H and O–H groups in total. The number of amidine groups is 4. The van der Waals surface area contributed by atoms with Crippen molar-refractivity contribution >= 4 is 209 Å². The number of methoxy groups -OCH3 is 4. The Kier molecular flexibility index (Phi) is 35.2. The Balaban J connectivity index is 0.000000183.